The van der Waals surface area contributed by atoms with Gasteiger partial charge in [-0.3, -0.25) is 19.6 Å². The molecule has 0 fully saturated rings. The average Bonchev–Trinajstić information content (AvgIpc) is 3.01. The molecule has 0 aliphatic rings. The van der Waals surface area contributed by atoms with Crippen LogP contribution in [0.15, 0.2) is 35.1 Å². The van der Waals surface area contributed by atoms with E-state index in [0.717, 1.165) is 5.56 Å². The number of fused-ring (bicyclic) bond motifs is 1. The van der Waals surface area contributed by atoms with Crippen molar-refractivity contribution in [2.75, 3.05) is 4.90 Å². The highest BCUT2D eigenvalue weighted by Crippen LogP contribution is 2.17. The molecule has 0 radical (unpaired) electrons. The fraction of sp³-hybridized carbons (Fsp3) is 0.333. The number of aromatic amines is 1. The van der Waals surface area contributed by atoms with Gasteiger partial charge in [-0.25, -0.2) is 4.98 Å². The van der Waals surface area contributed by atoms with Crippen molar-refractivity contribution in [2.24, 2.45) is 5.92 Å². The number of nitrogens with zero attached hydrogens (tertiary/aromatic N) is 4. The molecule has 1 N–H and O–H groups in total. The molecule has 0 saturated heterocycles. The second-order valence-corrected chi connectivity index (χ2v) is 6.37. The highest BCUT2D eigenvalue weighted by Gasteiger charge is 2.23. The first-order chi connectivity index (χ1) is 11.9. The Balaban J connectivity index is 2.10. The maximum absolute atomic E-state index is 12.7. The van der Waals surface area contributed by atoms with Crippen LogP contribution in [0.4, 0.5) is 5.95 Å². The minimum absolute atomic E-state index is 0.0793. The number of benzene rings is 1. The summed E-state index contributed by atoms with van der Waals surface area (Å²) < 4.78 is 1.28. The van der Waals surface area contributed by atoms with Crippen LogP contribution in [0.3, 0.4) is 0 Å². The van der Waals surface area contributed by atoms with Crippen LogP contribution >= 0.6 is 0 Å². The molecule has 3 rings (SSSR count). The average molecular weight is 339 g/mol. The molecule has 0 spiro atoms. The Labute approximate surface area is 145 Å². The van der Waals surface area contributed by atoms with E-state index in [4.69, 9.17) is 0 Å². The maximum atomic E-state index is 12.7. The van der Waals surface area contributed by atoms with Crippen LogP contribution in [-0.2, 0) is 11.3 Å². The zero-order chi connectivity index (χ0) is 18.1. The Bertz CT molecular complexity index is 972. The Morgan fingerprint density at radius 3 is 2.52 bits per heavy atom. The minimum atomic E-state index is -0.210. The molecule has 7 nitrogen and oxygen atoms in total. The van der Waals surface area contributed by atoms with E-state index in [1.807, 2.05) is 44.2 Å². The third-order valence-electron chi connectivity index (χ3n) is 4.15. The fourth-order valence-corrected chi connectivity index (χ4v) is 2.55. The van der Waals surface area contributed by atoms with Gasteiger partial charge in [0.25, 0.3) is 11.3 Å². The van der Waals surface area contributed by atoms with E-state index >= 15 is 0 Å². The number of nitrogens with one attached hydrogen (secondary N) is 1. The van der Waals surface area contributed by atoms with Gasteiger partial charge in [-0.15, -0.1) is 0 Å². The number of aromatic nitrogens is 4. The molecule has 2 aromatic heterocycles. The van der Waals surface area contributed by atoms with E-state index in [1.165, 1.54) is 4.52 Å². The van der Waals surface area contributed by atoms with Crippen molar-refractivity contribution in [1.82, 2.24) is 19.6 Å². The minimum Gasteiger partial charge on any atom is -0.276 e. The summed E-state index contributed by atoms with van der Waals surface area (Å²) in [7, 11) is 0. The van der Waals surface area contributed by atoms with Crippen molar-refractivity contribution in [1.29, 1.82) is 0 Å². The van der Waals surface area contributed by atoms with Gasteiger partial charge in [0, 0.05) is 17.2 Å². The number of rotatable bonds is 4. The topological polar surface area (TPSA) is 83.4 Å². The lowest BCUT2D eigenvalue weighted by molar-refractivity contribution is -0.121. The smallest absolute Gasteiger partial charge is 0.276 e. The molecule has 1 aromatic carbocycles. The molecule has 25 heavy (non-hydrogen) atoms. The van der Waals surface area contributed by atoms with Crippen molar-refractivity contribution in [3.8, 4) is 0 Å². The predicted molar refractivity (Wildman–Crippen MR) is 95.6 cm³/mol. The molecule has 2 heterocycles. The van der Waals surface area contributed by atoms with Crippen LogP contribution in [0.5, 0.6) is 0 Å². The summed E-state index contributed by atoms with van der Waals surface area (Å²) in [5.41, 5.74) is 1.95. The van der Waals surface area contributed by atoms with Gasteiger partial charge in [-0.1, -0.05) is 44.2 Å². The molecular formula is C18H21N5O2. The lowest BCUT2D eigenvalue weighted by Gasteiger charge is -2.21. The molecule has 0 aliphatic carbocycles. The quantitative estimate of drug-likeness (QED) is 0.790. The van der Waals surface area contributed by atoms with Crippen LogP contribution in [0.25, 0.3) is 5.78 Å². The van der Waals surface area contributed by atoms with Crippen molar-refractivity contribution in [3.63, 3.8) is 0 Å². The zero-order valence-electron chi connectivity index (χ0n) is 14.8. The van der Waals surface area contributed by atoms with Crippen LogP contribution in [0.1, 0.15) is 30.7 Å². The number of carbonyl (C=O) groups excluding carboxylic acids is 1. The maximum Gasteiger partial charge on any atom is 0.277 e. The van der Waals surface area contributed by atoms with E-state index in [0.29, 0.717) is 23.8 Å². The first-order valence-electron chi connectivity index (χ1n) is 8.19. The summed E-state index contributed by atoms with van der Waals surface area (Å²) in [6, 6.07) is 9.66. The summed E-state index contributed by atoms with van der Waals surface area (Å²) >= 11 is 0. The van der Waals surface area contributed by atoms with Gasteiger partial charge < -0.3 is 0 Å². The van der Waals surface area contributed by atoms with E-state index in [9.17, 15) is 9.59 Å². The molecular weight excluding hydrogens is 318 g/mol. The normalized spacial score (nSPS) is 11.2. The van der Waals surface area contributed by atoms with Crippen molar-refractivity contribution >= 4 is 17.6 Å². The molecule has 0 bridgehead atoms. The summed E-state index contributed by atoms with van der Waals surface area (Å²) in [5.74, 6) is 0.296. The highest BCUT2D eigenvalue weighted by molar-refractivity contribution is 5.93. The van der Waals surface area contributed by atoms with Crippen LogP contribution in [-0.4, -0.2) is 25.5 Å². The number of hydrogen-bond acceptors (Lipinski definition) is 4. The number of H-pyrrole nitrogens is 1. The Hall–Kier alpha value is -2.96. The van der Waals surface area contributed by atoms with E-state index in [2.05, 4.69) is 15.1 Å². The van der Waals surface area contributed by atoms with Gasteiger partial charge in [0.15, 0.2) is 0 Å². The SMILES string of the molecule is Cc1nc2nc(N(Cc3ccccc3)C(=O)C(C)C)[nH]n2c(=O)c1C. The summed E-state index contributed by atoms with van der Waals surface area (Å²) in [5, 5.41) is 2.92. The van der Waals surface area contributed by atoms with Gasteiger partial charge in [0.2, 0.25) is 11.9 Å². The van der Waals surface area contributed by atoms with Gasteiger partial charge in [0.05, 0.1) is 6.54 Å². The van der Waals surface area contributed by atoms with E-state index < -0.39 is 0 Å². The Morgan fingerprint density at radius 2 is 1.88 bits per heavy atom. The molecule has 0 aliphatic heterocycles. The second kappa shape index (κ2) is 6.51. The zero-order valence-corrected chi connectivity index (χ0v) is 14.8. The van der Waals surface area contributed by atoms with E-state index in [1.54, 1.807) is 18.7 Å². The predicted octanol–water partition coefficient (Wildman–Crippen LogP) is 2.22. The number of hydrogen-bond donors (Lipinski definition) is 1. The number of amides is 1. The van der Waals surface area contributed by atoms with E-state index in [-0.39, 0.29) is 23.2 Å². The molecule has 3 aromatic rings. The van der Waals surface area contributed by atoms with Gasteiger partial charge in [-0.05, 0) is 19.4 Å². The summed E-state index contributed by atoms with van der Waals surface area (Å²) in [6.45, 7) is 7.53. The largest absolute Gasteiger partial charge is 0.277 e. The van der Waals surface area contributed by atoms with Gasteiger partial charge in [-0.2, -0.15) is 9.50 Å². The van der Waals surface area contributed by atoms with Crippen LogP contribution in [0.2, 0.25) is 0 Å². The summed E-state index contributed by atoms with van der Waals surface area (Å²) in [6.07, 6.45) is 0. The lowest BCUT2D eigenvalue weighted by atomic mass is 10.1. The molecule has 130 valence electrons. The van der Waals surface area contributed by atoms with Crippen LogP contribution in [0, 0.1) is 19.8 Å². The molecule has 0 unspecified atom stereocenters. The second-order valence-electron chi connectivity index (χ2n) is 6.37. The third kappa shape index (κ3) is 3.17. The Morgan fingerprint density at radius 1 is 1.20 bits per heavy atom. The van der Waals surface area contributed by atoms with Gasteiger partial charge in [0.1, 0.15) is 0 Å². The third-order valence-corrected chi connectivity index (χ3v) is 4.15. The first-order valence-corrected chi connectivity index (χ1v) is 8.19. The van der Waals surface area contributed by atoms with Crippen LogP contribution < -0.4 is 10.5 Å². The molecule has 1 amide bonds. The number of anilines is 1. The number of aryl methyl sites for hydroxylation is 1. The van der Waals surface area contributed by atoms with Crippen molar-refractivity contribution in [2.45, 2.75) is 34.2 Å². The van der Waals surface area contributed by atoms with Gasteiger partial charge >= 0.3 is 0 Å². The first kappa shape index (κ1) is 16.9. The van der Waals surface area contributed by atoms with Crippen molar-refractivity contribution < 1.29 is 4.79 Å². The monoisotopic (exact) mass is 339 g/mol. The fourth-order valence-electron chi connectivity index (χ4n) is 2.55. The Kier molecular flexibility index (Phi) is 4.39. The highest BCUT2D eigenvalue weighted by atomic mass is 16.2. The summed E-state index contributed by atoms with van der Waals surface area (Å²) in [4.78, 5) is 35.4. The molecule has 0 saturated carbocycles. The lowest BCUT2D eigenvalue weighted by Crippen LogP contribution is -2.34. The molecule has 0 atom stereocenters. The molecule has 7 heteroatoms. The number of carbonyl (C=O) groups is 1. The standard InChI is InChI=1S/C18H21N5O2/c1-11(2)15(24)22(10-14-8-6-5-7-9-14)18-20-17-19-13(4)12(3)16(25)23(17)21-18/h5-9,11H,10H2,1-4H3,(H,19,20,21). The van der Waals surface area contributed by atoms with Crippen molar-refractivity contribution in [3.05, 3.63) is 57.5 Å².